The first-order chi connectivity index (χ1) is 24.6. The van der Waals surface area contributed by atoms with E-state index < -0.39 is 72.3 Å². The largest absolute Gasteiger partial charge is 0.450 e. The molecule has 0 aromatic heterocycles. The first-order valence-electron chi connectivity index (χ1n) is 18.3. The maximum atomic E-state index is 13.8. The summed E-state index contributed by atoms with van der Waals surface area (Å²) in [6.45, 7) is 13.2. The van der Waals surface area contributed by atoms with Gasteiger partial charge in [-0.3, -0.25) is 24.0 Å². The number of nitrogens with one attached hydrogen (secondary N) is 6. The summed E-state index contributed by atoms with van der Waals surface area (Å²) in [5, 5.41) is 27.8. The first kappa shape index (κ1) is 43.7. The van der Waals surface area contributed by atoms with E-state index >= 15 is 0 Å². The van der Waals surface area contributed by atoms with E-state index in [1.807, 2.05) is 64.1 Å². The topological polar surface area (TPSA) is 204 Å². The number of aliphatic hydroxyl groups is 1. The van der Waals surface area contributed by atoms with Gasteiger partial charge >= 0.3 is 6.09 Å². The number of hydrogen-bond donors (Lipinski definition) is 7. The Morgan fingerprint density at radius 1 is 0.904 bits per heavy atom. The van der Waals surface area contributed by atoms with E-state index in [0.29, 0.717) is 25.8 Å². The standard InChI is InChI=1S/C38H60N6O8/c1-23(2)19-28(30(45)20-26(7)34(47)43-32(24(3)4)36(49)40-22-27-15-11-10-12-16-27)41-35(48)29-21-31(46)39-17-13-8-9-14-18-52-38(51)44-33(25(5)6)37(50)42-29/h8,10-13,15-16,23-26,28-30,32-33,45H,9,14,17-22H2,1-7H3,(H,39,46)(H,40,49)(H,41,48)(H,42,50)(H,43,47)(H,44,51)/b13-8+/t26-,28+,29+,30+,32+,33+/m1/s1. The molecule has 1 aliphatic heterocycles. The van der Waals surface area contributed by atoms with Crippen LogP contribution in [0.2, 0.25) is 0 Å². The number of carbonyl (C=O) groups excluding carboxylic acids is 6. The molecule has 7 N–H and O–H groups in total. The lowest BCUT2D eigenvalue weighted by Crippen LogP contribution is -2.58. The van der Waals surface area contributed by atoms with Crippen LogP contribution in [0.4, 0.5) is 4.79 Å². The Kier molecular flexibility index (Phi) is 18.9. The van der Waals surface area contributed by atoms with Gasteiger partial charge in [0.2, 0.25) is 29.5 Å². The molecule has 14 nitrogen and oxygen atoms in total. The monoisotopic (exact) mass is 728 g/mol. The van der Waals surface area contributed by atoms with Gasteiger partial charge in [-0.15, -0.1) is 0 Å². The molecule has 6 atom stereocenters. The van der Waals surface area contributed by atoms with Gasteiger partial charge in [-0.2, -0.15) is 0 Å². The van der Waals surface area contributed by atoms with Gasteiger partial charge in [0.25, 0.3) is 0 Å². The fourth-order valence-corrected chi connectivity index (χ4v) is 5.63. The number of cyclic esters (lactones) is 1. The third-order valence-electron chi connectivity index (χ3n) is 8.69. The minimum Gasteiger partial charge on any atom is -0.450 e. The van der Waals surface area contributed by atoms with Crippen molar-refractivity contribution in [3.05, 3.63) is 48.0 Å². The van der Waals surface area contributed by atoms with Crippen molar-refractivity contribution >= 4 is 35.6 Å². The predicted molar refractivity (Wildman–Crippen MR) is 197 cm³/mol. The van der Waals surface area contributed by atoms with Crippen molar-refractivity contribution in [3.63, 3.8) is 0 Å². The number of aliphatic hydroxyl groups excluding tert-OH is 1. The molecule has 0 fully saturated rings. The van der Waals surface area contributed by atoms with Crippen molar-refractivity contribution in [3.8, 4) is 0 Å². The van der Waals surface area contributed by atoms with Crippen LogP contribution in [-0.4, -0.2) is 84.2 Å². The van der Waals surface area contributed by atoms with Crippen LogP contribution in [-0.2, 0) is 35.3 Å². The summed E-state index contributed by atoms with van der Waals surface area (Å²) in [6.07, 6.45) is 2.72. The second-order valence-corrected chi connectivity index (χ2v) is 14.6. The molecule has 0 unspecified atom stereocenters. The zero-order valence-electron chi connectivity index (χ0n) is 31.7. The second-order valence-electron chi connectivity index (χ2n) is 14.6. The van der Waals surface area contributed by atoms with Gasteiger partial charge < -0.3 is 41.7 Å². The number of rotatable bonds is 14. The zero-order chi connectivity index (χ0) is 38.8. The lowest BCUT2D eigenvalue weighted by atomic mass is 9.91. The van der Waals surface area contributed by atoms with E-state index in [1.165, 1.54) is 0 Å². The van der Waals surface area contributed by atoms with Crippen molar-refractivity contribution in [2.45, 2.75) is 117 Å². The van der Waals surface area contributed by atoms with Crippen molar-refractivity contribution in [2.24, 2.45) is 23.7 Å². The van der Waals surface area contributed by atoms with E-state index in [4.69, 9.17) is 4.74 Å². The van der Waals surface area contributed by atoms with Crippen LogP contribution >= 0.6 is 0 Å². The summed E-state index contributed by atoms with van der Waals surface area (Å²) in [7, 11) is 0. The van der Waals surface area contributed by atoms with Crippen molar-refractivity contribution < 1.29 is 38.6 Å². The second kappa shape index (κ2) is 22.5. The number of amides is 6. The number of alkyl carbamates (subject to hydrolysis) is 1. The van der Waals surface area contributed by atoms with Gasteiger partial charge in [0, 0.05) is 19.0 Å². The molecule has 0 spiro atoms. The third kappa shape index (κ3) is 15.8. The summed E-state index contributed by atoms with van der Waals surface area (Å²) in [4.78, 5) is 78.8. The van der Waals surface area contributed by atoms with Crippen LogP contribution in [0.5, 0.6) is 0 Å². The molecule has 6 amide bonds. The minimum atomic E-state index is -1.34. The Morgan fingerprint density at radius 3 is 2.23 bits per heavy atom. The predicted octanol–water partition coefficient (Wildman–Crippen LogP) is 2.45. The molecule has 0 bridgehead atoms. The summed E-state index contributed by atoms with van der Waals surface area (Å²) in [5.74, 6) is -3.92. The lowest BCUT2D eigenvalue weighted by Gasteiger charge is -2.30. The molecule has 1 aromatic carbocycles. The van der Waals surface area contributed by atoms with E-state index in [-0.39, 0.29) is 43.2 Å². The van der Waals surface area contributed by atoms with E-state index in [0.717, 1.165) is 5.56 Å². The summed E-state index contributed by atoms with van der Waals surface area (Å²) in [5.41, 5.74) is 0.922. The molecule has 1 aromatic rings. The highest BCUT2D eigenvalue weighted by atomic mass is 16.5. The molecule has 1 aliphatic rings. The molecule has 0 aliphatic carbocycles. The van der Waals surface area contributed by atoms with Gasteiger partial charge in [-0.25, -0.2) is 4.79 Å². The first-order valence-corrected chi connectivity index (χ1v) is 18.3. The van der Waals surface area contributed by atoms with Crippen LogP contribution < -0.4 is 31.9 Å². The Hall–Kier alpha value is -4.46. The summed E-state index contributed by atoms with van der Waals surface area (Å²) >= 11 is 0. The van der Waals surface area contributed by atoms with Crippen LogP contribution in [0.3, 0.4) is 0 Å². The Labute approximate surface area is 308 Å². The van der Waals surface area contributed by atoms with E-state index in [1.54, 1.807) is 26.8 Å². The highest BCUT2D eigenvalue weighted by molar-refractivity contribution is 5.94. The lowest BCUT2D eigenvalue weighted by molar-refractivity contribution is -0.134. The van der Waals surface area contributed by atoms with Crippen LogP contribution in [0.25, 0.3) is 0 Å². The highest BCUT2D eigenvalue weighted by Gasteiger charge is 2.34. The highest BCUT2D eigenvalue weighted by Crippen LogP contribution is 2.17. The smallest absolute Gasteiger partial charge is 0.407 e. The normalized spacial score (nSPS) is 20.7. The average molecular weight is 729 g/mol. The van der Waals surface area contributed by atoms with Gasteiger partial charge in [0.15, 0.2) is 0 Å². The van der Waals surface area contributed by atoms with Crippen molar-refractivity contribution in [1.29, 1.82) is 0 Å². The van der Waals surface area contributed by atoms with Gasteiger partial charge in [-0.05, 0) is 49.0 Å². The number of allylic oxidation sites excluding steroid dienone is 1. The van der Waals surface area contributed by atoms with E-state index in [9.17, 15) is 33.9 Å². The molecule has 0 saturated heterocycles. The van der Waals surface area contributed by atoms with Crippen LogP contribution in [0.15, 0.2) is 42.5 Å². The molecule has 0 saturated carbocycles. The fraction of sp³-hybridized carbons (Fsp3) is 0.632. The molecule has 14 heteroatoms. The minimum absolute atomic E-state index is 0.0185. The molecular formula is C38H60N6O8. The van der Waals surface area contributed by atoms with Gasteiger partial charge in [0.05, 0.1) is 25.2 Å². The molecule has 0 radical (unpaired) electrons. The third-order valence-corrected chi connectivity index (χ3v) is 8.69. The molecule has 290 valence electrons. The van der Waals surface area contributed by atoms with Gasteiger partial charge in [0.1, 0.15) is 18.1 Å². The number of benzene rings is 1. The zero-order valence-corrected chi connectivity index (χ0v) is 31.7. The number of carbonyl (C=O) groups is 6. The van der Waals surface area contributed by atoms with Crippen molar-refractivity contribution in [1.82, 2.24) is 31.9 Å². The van der Waals surface area contributed by atoms with Crippen molar-refractivity contribution in [2.75, 3.05) is 13.2 Å². The molecular weight excluding hydrogens is 668 g/mol. The van der Waals surface area contributed by atoms with E-state index in [2.05, 4.69) is 31.9 Å². The van der Waals surface area contributed by atoms with Gasteiger partial charge in [-0.1, -0.05) is 91.0 Å². The summed E-state index contributed by atoms with van der Waals surface area (Å²) in [6, 6.07) is 5.39. The fourth-order valence-electron chi connectivity index (χ4n) is 5.63. The number of hydrogen-bond acceptors (Lipinski definition) is 8. The Balaban J connectivity index is 2.18. The number of ether oxygens (including phenoxy) is 1. The maximum absolute atomic E-state index is 13.8. The SMILES string of the molecule is CC(C)C[C@H](NC(=O)[C@@H]1CC(=O)NC/C=C/CCCOC(=O)N[C@@H](C(C)C)C(=O)N1)[C@@H](O)C[C@@H](C)C(=O)N[C@H](C(=O)NCc1ccccc1)C(C)C. The molecule has 2 rings (SSSR count). The molecule has 52 heavy (non-hydrogen) atoms. The summed E-state index contributed by atoms with van der Waals surface area (Å²) < 4.78 is 5.21. The molecule has 1 heterocycles. The quantitative estimate of drug-likeness (QED) is 0.142. The Morgan fingerprint density at radius 2 is 1.60 bits per heavy atom. The Bertz CT molecular complexity index is 1350. The van der Waals surface area contributed by atoms with Crippen LogP contribution in [0, 0.1) is 23.7 Å². The average Bonchev–Trinajstić information content (AvgIpc) is 3.08. The maximum Gasteiger partial charge on any atom is 0.407 e. The van der Waals surface area contributed by atoms with Crippen LogP contribution in [0.1, 0.15) is 86.1 Å².